The second kappa shape index (κ2) is 11.1. The monoisotopic (exact) mass is 474 g/mol. The van der Waals surface area contributed by atoms with E-state index < -0.39 is 5.97 Å². The minimum Gasteiger partial charge on any atom is -0.490 e. The van der Waals surface area contributed by atoms with Crippen molar-refractivity contribution in [1.29, 1.82) is 0 Å². The first kappa shape index (κ1) is 23.7. The van der Waals surface area contributed by atoms with Gasteiger partial charge >= 0.3 is 5.97 Å². The van der Waals surface area contributed by atoms with Crippen LogP contribution in [0.3, 0.4) is 0 Å². The number of aliphatic imine (C=N–C) groups is 1. The zero-order valence-electron chi connectivity index (χ0n) is 17.9. The second-order valence-corrected chi connectivity index (χ2v) is 8.04. The Labute approximate surface area is 195 Å². The Morgan fingerprint density at radius 3 is 2.72 bits per heavy atom. The van der Waals surface area contributed by atoms with Crippen molar-refractivity contribution in [1.82, 2.24) is 5.32 Å². The summed E-state index contributed by atoms with van der Waals surface area (Å²) in [5, 5.41) is 3.86. The van der Waals surface area contributed by atoms with Crippen molar-refractivity contribution < 1.29 is 23.8 Å². The fourth-order valence-electron chi connectivity index (χ4n) is 2.80. The number of amidine groups is 1. The molecule has 0 saturated carbocycles. The zero-order chi connectivity index (χ0) is 23.1. The molecule has 9 heteroatoms. The molecule has 7 nitrogen and oxygen atoms in total. The number of rotatable bonds is 8. The van der Waals surface area contributed by atoms with Crippen LogP contribution >= 0.6 is 23.4 Å². The normalized spacial score (nSPS) is 15.7. The van der Waals surface area contributed by atoms with Gasteiger partial charge in [0.05, 0.1) is 23.8 Å². The molecule has 1 saturated heterocycles. The minimum absolute atomic E-state index is 0.213. The van der Waals surface area contributed by atoms with E-state index in [1.54, 1.807) is 37.3 Å². The van der Waals surface area contributed by atoms with Gasteiger partial charge in [0.25, 0.3) is 5.91 Å². The maximum atomic E-state index is 12.4. The molecule has 2 aromatic carbocycles. The summed E-state index contributed by atoms with van der Waals surface area (Å²) in [6, 6.07) is 10.7. The summed E-state index contributed by atoms with van der Waals surface area (Å²) in [6.07, 6.45) is 1.74. The van der Waals surface area contributed by atoms with E-state index in [-0.39, 0.29) is 19.1 Å². The van der Waals surface area contributed by atoms with Gasteiger partial charge in [0, 0.05) is 5.02 Å². The molecular weight excluding hydrogens is 452 g/mol. The summed E-state index contributed by atoms with van der Waals surface area (Å²) in [5.74, 6) is 0.193. The van der Waals surface area contributed by atoms with Crippen molar-refractivity contribution in [2.45, 2.75) is 20.8 Å². The largest absolute Gasteiger partial charge is 0.490 e. The van der Waals surface area contributed by atoms with Crippen LogP contribution in [0.15, 0.2) is 46.3 Å². The Kier molecular flexibility index (Phi) is 8.19. The van der Waals surface area contributed by atoms with Crippen molar-refractivity contribution >= 4 is 52.2 Å². The summed E-state index contributed by atoms with van der Waals surface area (Å²) in [4.78, 5) is 29.0. The lowest BCUT2D eigenvalue weighted by molar-refractivity contribution is -0.145. The quantitative estimate of drug-likeness (QED) is 0.433. The first-order chi connectivity index (χ1) is 15.4. The molecular formula is C23H23ClN2O5S. The standard InChI is InChI=1S/C23H23ClN2O5S/c1-4-29-19-11-15(9-10-18(19)31-13-21(27)30-5-2)12-20-22(28)26-23(32-20)25-17-8-6-7-16(24)14(17)3/h6-12H,4-5,13H2,1-3H3,(H,25,26,28). The van der Waals surface area contributed by atoms with Gasteiger partial charge in [-0.1, -0.05) is 23.7 Å². The molecule has 1 heterocycles. The SMILES string of the molecule is CCOC(=O)COc1ccc(C=C2SC(=Nc3cccc(Cl)c3C)NC2=O)cc1OCC. The molecule has 0 unspecified atom stereocenters. The Morgan fingerprint density at radius 1 is 1.16 bits per heavy atom. The number of hydrogen-bond acceptors (Lipinski definition) is 7. The third-order valence-electron chi connectivity index (χ3n) is 4.33. The highest BCUT2D eigenvalue weighted by Crippen LogP contribution is 2.33. The lowest BCUT2D eigenvalue weighted by Gasteiger charge is -2.12. The molecule has 0 spiro atoms. The fraction of sp³-hybridized carbons (Fsp3) is 0.261. The van der Waals surface area contributed by atoms with Crippen LogP contribution in [0.5, 0.6) is 11.5 Å². The van der Waals surface area contributed by atoms with Gasteiger partial charge in [-0.25, -0.2) is 9.79 Å². The zero-order valence-corrected chi connectivity index (χ0v) is 19.5. The van der Waals surface area contributed by atoms with Crippen LogP contribution in [0, 0.1) is 6.92 Å². The number of ether oxygens (including phenoxy) is 3. The van der Waals surface area contributed by atoms with Crippen LogP contribution in [-0.4, -0.2) is 36.9 Å². The molecule has 168 valence electrons. The van der Waals surface area contributed by atoms with Gasteiger partial charge < -0.3 is 19.5 Å². The number of halogens is 1. The molecule has 0 bridgehead atoms. The third kappa shape index (κ3) is 6.05. The topological polar surface area (TPSA) is 86.2 Å². The van der Waals surface area contributed by atoms with Crippen LogP contribution in [0.4, 0.5) is 5.69 Å². The first-order valence-corrected chi connectivity index (χ1v) is 11.2. The van der Waals surface area contributed by atoms with Gasteiger partial charge in [-0.15, -0.1) is 0 Å². The van der Waals surface area contributed by atoms with Crippen LogP contribution in [0.25, 0.3) is 6.08 Å². The van der Waals surface area contributed by atoms with Crippen LogP contribution in [0.1, 0.15) is 25.0 Å². The predicted octanol–water partition coefficient (Wildman–Crippen LogP) is 4.88. The summed E-state index contributed by atoms with van der Waals surface area (Å²) in [6.45, 7) is 5.95. The molecule has 0 radical (unpaired) electrons. The highest BCUT2D eigenvalue weighted by Gasteiger charge is 2.24. The van der Waals surface area contributed by atoms with Crippen molar-refractivity contribution in [3.63, 3.8) is 0 Å². The predicted molar refractivity (Wildman–Crippen MR) is 127 cm³/mol. The van der Waals surface area contributed by atoms with Gasteiger partial charge in [-0.3, -0.25) is 4.79 Å². The van der Waals surface area contributed by atoms with Crippen molar-refractivity contribution in [3.8, 4) is 11.5 Å². The van der Waals surface area contributed by atoms with Crippen LogP contribution in [-0.2, 0) is 14.3 Å². The van der Waals surface area contributed by atoms with E-state index in [9.17, 15) is 9.59 Å². The number of benzene rings is 2. The highest BCUT2D eigenvalue weighted by atomic mass is 35.5. The number of carbonyl (C=O) groups is 2. The third-order valence-corrected chi connectivity index (χ3v) is 5.65. The van der Waals surface area contributed by atoms with Gasteiger partial charge in [0.15, 0.2) is 23.3 Å². The second-order valence-electron chi connectivity index (χ2n) is 6.60. The number of nitrogens with one attached hydrogen (secondary N) is 1. The van der Waals surface area contributed by atoms with E-state index in [1.807, 2.05) is 26.0 Å². The summed E-state index contributed by atoms with van der Waals surface area (Å²) in [7, 11) is 0. The van der Waals surface area contributed by atoms with E-state index >= 15 is 0 Å². The first-order valence-electron chi connectivity index (χ1n) is 10.0. The van der Waals surface area contributed by atoms with Gasteiger partial charge in [-0.05, 0) is 74.0 Å². The molecule has 2 aromatic rings. The number of nitrogens with zero attached hydrogens (tertiary/aromatic N) is 1. The number of thioether (sulfide) groups is 1. The molecule has 1 fully saturated rings. The number of amides is 1. The molecule has 1 amide bonds. The van der Waals surface area contributed by atoms with Crippen molar-refractivity contribution in [2.75, 3.05) is 19.8 Å². The van der Waals surface area contributed by atoms with Crippen LogP contribution < -0.4 is 14.8 Å². The fourth-order valence-corrected chi connectivity index (χ4v) is 3.80. The average molecular weight is 475 g/mol. The van der Waals surface area contributed by atoms with E-state index in [0.29, 0.717) is 38.9 Å². The average Bonchev–Trinajstić information content (AvgIpc) is 3.10. The molecule has 32 heavy (non-hydrogen) atoms. The molecule has 3 rings (SSSR count). The van der Waals surface area contributed by atoms with Gasteiger partial charge in [0.1, 0.15) is 0 Å². The van der Waals surface area contributed by atoms with Gasteiger partial charge in [0.2, 0.25) is 0 Å². The molecule has 1 N–H and O–H groups in total. The molecule has 1 aliphatic rings. The summed E-state index contributed by atoms with van der Waals surface area (Å²) < 4.78 is 16.0. The lowest BCUT2D eigenvalue weighted by atomic mass is 10.2. The smallest absolute Gasteiger partial charge is 0.344 e. The number of carbonyl (C=O) groups excluding carboxylic acids is 2. The van der Waals surface area contributed by atoms with E-state index in [2.05, 4.69) is 10.3 Å². The Morgan fingerprint density at radius 2 is 1.97 bits per heavy atom. The van der Waals surface area contributed by atoms with E-state index in [1.165, 1.54) is 11.8 Å². The summed E-state index contributed by atoms with van der Waals surface area (Å²) in [5.41, 5.74) is 2.28. The summed E-state index contributed by atoms with van der Waals surface area (Å²) >= 11 is 7.39. The van der Waals surface area contributed by atoms with Crippen LogP contribution in [0.2, 0.25) is 5.02 Å². The molecule has 0 atom stereocenters. The number of hydrogen-bond donors (Lipinski definition) is 1. The Bertz CT molecular complexity index is 1080. The van der Waals surface area contributed by atoms with E-state index in [4.69, 9.17) is 25.8 Å². The Hall–Kier alpha value is -2.97. The molecule has 0 aromatic heterocycles. The molecule has 1 aliphatic heterocycles. The maximum Gasteiger partial charge on any atom is 0.344 e. The Balaban J connectivity index is 1.79. The maximum absolute atomic E-state index is 12.4. The molecule has 0 aliphatic carbocycles. The highest BCUT2D eigenvalue weighted by molar-refractivity contribution is 8.18. The van der Waals surface area contributed by atoms with Crippen molar-refractivity contribution in [2.24, 2.45) is 4.99 Å². The van der Waals surface area contributed by atoms with E-state index in [0.717, 1.165) is 11.1 Å². The number of esters is 1. The lowest BCUT2D eigenvalue weighted by Crippen LogP contribution is -2.19. The van der Waals surface area contributed by atoms with Crippen molar-refractivity contribution in [3.05, 3.63) is 57.5 Å². The van der Waals surface area contributed by atoms with Gasteiger partial charge in [-0.2, -0.15) is 0 Å². The minimum atomic E-state index is -0.457.